The molecule has 0 aromatic heterocycles. The Balaban J connectivity index is 2.15. The van der Waals surface area contributed by atoms with Gasteiger partial charge in [0.2, 0.25) is 0 Å². The molecule has 0 heteroatoms. The molecule has 1 aliphatic rings. The zero-order valence-electron chi connectivity index (χ0n) is 6.48. The van der Waals surface area contributed by atoms with Gasteiger partial charge in [-0.2, -0.15) is 0 Å². The number of allylic oxidation sites excluding steroid dienone is 2. The predicted octanol–water partition coefficient (Wildman–Crippen LogP) is 3.14. The molecule has 52 valence electrons. The van der Waals surface area contributed by atoms with E-state index in [-0.39, 0.29) is 0 Å². The molecule has 1 fully saturated rings. The first-order valence-electron chi connectivity index (χ1n) is 3.94. The summed E-state index contributed by atoms with van der Waals surface area (Å²) in [4.78, 5) is 0. The largest absolute Gasteiger partial charge is 0.0880 e. The Hall–Kier alpha value is -0.260. The van der Waals surface area contributed by atoms with Crippen molar-refractivity contribution in [2.24, 2.45) is 5.41 Å². The first kappa shape index (κ1) is 6.85. The van der Waals surface area contributed by atoms with E-state index in [0.717, 1.165) is 0 Å². The van der Waals surface area contributed by atoms with Crippen LogP contribution in [0.25, 0.3) is 0 Å². The van der Waals surface area contributed by atoms with Crippen LogP contribution in [-0.4, -0.2) is 0 Å². The molecule has 0 radical (unpaired) electrons. The van der Waals surface area contributed by atoms with Crippen molar-refractivity contribution >= 4 is 0 Å². The van der Waals surface area contributed by atoms with Gasteiger partial charge in [-0.15, -0.1) is 0 Å². The Kier molecular flexibility index (Phi) is 1.94. The van der Waals surface area contributed by atoms with Gasteiger partial charge in [0.1, 0.15) is 0 Å². The molecule has 9 heavy (non-hydrogen) atoms. The third-order valence-electron chi connectivity index (χ3n) is 2.01. The maximum absolute atomic E-state index is 2.39. The molecule has 0 aromatic carbocycles. The summed E-state index contributed by atoms with van der Waals surface area (Å²) in [6, 6.07) is 0. The van der Waals surface area contributed by atoms with Crippen LogP contribution >= 0.6 is 0 Å². The van der Waals surface area contributed by atoms with Crippen LogP contribution in [0.15, 0.2) is 12.2 Å². The predicted molar refractivity (Wildman–Crippen MR) is 41.4 cm³/mol. The minimum Gasteiger partial charge on any atom is -0.0880 e. The molecule has 1 aliphatic carbocycles. The van der Waals surface area contributed by atoms with Crippen LogP contribution in [-0.2, 0) is 0 Å². The molecule has 0 unspecified atom stereocenters. The monoisotopic (exact) mass is 124 g/mol. The summed E-state index contributed by atoms with van der Waals surface area (Å²) in [6.45, 7) is 4.55. The highest BCUT2D eigenvalue weighted by Gasteiger charge is 2.33. The Morgan fingerprint density at radius 1 is 1.44 bits per heavy atom. The molecule has 0 aromatic rings. The maximum atomic E-state index is 2.39. The summed E-state index contributed by atoms with van der Waals surface area (Å²) < 4.78 is 0. The van der Waals surface area contributed by atoms with Gasteiger partial charge in [-0.05, 0) is 24.7 Å². The summed E-state index contributed by atoms with van der Waals surface area (Å²) >= 11 is 0. The first-order valence-corrected chi connectivity index (χ1v) is 3.94. The van der Waals surface area contributed by atoms with E-state index in [2.05, 4.69) is 26.0 Å². The van der Waals surface area contributed by atoms with Crippen LogP contribution in [0.5, 0.6) is 0 Å². The standard InChI is InChI=1S/C9H16/c1-3-4-5-6-9(2)7-8-9/h5-6H,3-4,7-8H2,1-2H3. The zero-order chi connectivity index (χ0) is 6.74. The fourth-order valence-corrected chi connectivity index (χ4v) is 0.898. The quantitative estimate of drug-likeness (QED) is 0.507. The Morgan fingerprint density at radius 3 is 2.56 bits per heavy atom. The molecule has 0 atom stereocenters. The molecule has 0 spiro atoms. The SMILES string of the molecule is CCCC=CC1(C)CC1. The van der Waals surface area contributed by atoms with Gasteiger partial charge < -0.3 is 0 Å². The smallest absolute Gasteiger partial charge is 0.0146 e. The highest BCUT2D eigenvalue weighted by Crippen LogP contribution is 2.46. The normalized spacial score (nSPS) is 22.9. The van der Waals surface area contributed by atoms with Crippen molar-refractivity contribution in [2.75, 3.05) is 0 Å². The van der Waals surface area contributed by atoms with Gasteiger partial charge in [-0.1, -0.05) is 32.4 Å². The highest BCUT2D eigenvalue weighted by molar-refractivity contribution is 5.06. The molecule has 0 nitrogen and oxygen atoms in total. The van der Waals surface area contributed by atoms with Gasteiger partial charge in [-0.25, -0.2) is 0 Å². The number of hydrogen-bond donors (Lipinski definition) is 0. The van der Waals surface area contributed by atoms with E-state index in [9.17, 15) is 0 Å². The van der Waals surface area contributed by atoms with E-state index in [1.165, 1.54) is 25.7 Å². The molecular weight excluding hydrogens is 108 g/mol. The van der Waals surface area contributed by atoms with Crippen molar-refractivity contribution in [3.63, 3.8) is 0 Å². The molecule has 0 N–H and O–H groups in total. The van der Waals surface area contributed by atoms with Gasteiger partial charge >= 0.3 is 0 Å². The third-order valence-corrected chi connectivity index (χ3v) is 2.01. The van der Waals surface area contributed by atoms with Gasteiger partial charge in [0.15, 0.2) is 0 Å². The van der Waals surface area contributed by atoms with Crippen molar-refractivity contribution in [3.8, 4) is 0 Å². The van der Waals surface area contributed by atoms with Gasteiger partial charge in [0, 0.05) is 0 Å². The van der Waals surface area contributed by atoms with Gasteiger partial charge in [0.05, 0.1) is 0 Å². The molecule has 1 rings (SSSR count). The van der Waals surface area contributed by atoms with E-state index in [0.29, 0.717) is 5.41 Å². The number of hydrogen-bond acceptors (Lipinski definition) is 0. The van der Waals surface area contributed by atoms with E-state index < -0.39 is 0 Å². The maximum Gasteiger partial charge on any atom is -0.0146 e. The van der Waals surface area contributed by atoms with E-state index in [4.69, 9.17) is 0 Å². The highest BCUT2D eigenvalue weighted by atomic mass is 14.4. The van der Waals surface area contributed by atoms with Gasteiger partial charge in [0.25, 0.3) is 0 Å². The molecule has 0 amide bonds. The van der Waals surface area contributed by atoms with Crippen LogP contribution in [0.2, 0.25) is 0 Å². The van der Waals surface area contributed by atoms with Crippen molar-refractivity contribution in [2.45, 2.75) is 39.5 Å². The lowest BCUT2D eigenvalue weighted by molar-refractivity contribution is 0.740. The molecule has 0 aliphatic heterocycles. The minimum atomic E-state index is 0.620. The van der Waals surface area contributed by atoms with Crippen LogP contribution < -0.4 is 0 Å². The fourth-order valence-electron chi connectivity index (χ4n) is 0.898. The molecule has 0 bridgehead atoms. The van der Waals surface area contributed by atoms with Gasteiger partial charge in [-0.3, -0.25) is 0 Å². The van der Waals surface area contributed by atoms with Crippen LogP contribution in [0.3, 0.4) is 0 Å². The summed E-state index contributed by atoms with van der Waals surface area (Å²) in [5.74, 6) is 0. The fraction of sp³-hybridized carbons (Fsp3) is 0.778. The summed E-state index contributed by atoms with van der Waals surface area (Å²) in [7, 11) is 0. The molecular formula is C9H16. The molecule has 0 saturated heterocycles. The van der Waals surface area contributed by atoms with Crippen molar-refractivity contribution in [1.82, 2.24) is 0 Å². The summed E-state index contributed by atoms with van der Waals surface area (Å²) in [6.07, 6.45) is 10.1. The second-order valence-electron chi connectivity index (χ2n) is 3.35. The second kappa shape index (κ2) is 2.55. The number of unbranched alkanes of at least 4 members (excludes halogenated alkanes) is 1. The molecule has 0 heterocycles. The topological polar surface area (TPSA) is 0 Å². The lowest BCUT2D eigenvalue weighted by Gasteiger charge is -1.95. The van der Waals surface area contributed by atoms with Crippen LogP contribution in [0, 0.1) is 5.41 Å². The van der Waals surface area contributed by atoms with E-state index >= 15 is 0 Å². The lowest BCUT2D eigenvalue weighted by atomic mass is 10.1. The molecule has 1 saturated carbocycles. The average molecular weight is 124 g/mol. The Bertz CT molecular complexity index is 107. The third kappa shape index (κ3) is 2.21. The van der Waals surface area contributed by atoms with E-state index in [1.54, 1.807) is 0 Å². The minimum absolute atomic E-state index is 0.620. The van der Waals surface area contributed by atoms with Crippen molar-refractivity contribution < 1.29 is 0 Å². The Morgan fingerprint density at radius 2 is 2.11 bits per heavy atom. The Labute approximate surface area is 58.0 Å². The van der Waals surface area contributed by atoms with Crippen LogP contribution in [0.1, 0.15) is 39.5 Å². The van der Waals surface area contributed by atoms with Crippen molar-refractivity contribution in [1.29, 1.82) is 0 Å². The van der Waals surface area contributed by atoms with E-state index in [1.807, 2.05) is 0 Å². The first-order chi connectivity index (χ1) is 4.27. The van der Waals surface area contributed by atoms with Crippen LogP contribution in [0.4, 0.5) is 0 Å². The van der Waals surface area contributed by atoms with Crippen molar-refractivity contribution in [3.05, 3.63) is 12.2 Å². The summed E-state index contributed by atoms with van der Waals surface area (Å²) in [5, 5.41) is 0. The number of rotatable bonds is 3. The average Bonchev–Trinajstić information content (AvgIpc) is 2.50. The second-order valence-corrected chi connectivity index (χ2v) is 3.35. The zero-order valence-corrected chi connectivity index (χ0v) is 6.48. The summed E-state index contributed by atoms with van der Waals surface area (Å²) in [5.41, 5.74) is 0.620. The lowest BCUT2D eigenvalue weighted by Crippen LogP contribution is -1.82.